The number of hydrogen-bond acceptors (Lipinski definition) is 5. The zero-order chi connectivity index (χ0) is 19.1. The molecule has 3 aromatic rings. The zero-order valence-corrected chi connectivity index (χ0v) is 16.3. The van der Waals surface area contributed by atoms with Crippen molar-refractivity contribution in [1.82, 2.24) is 25.1 Å². The Morgan fingerprint density at radius 3 is 2.67 bits per heavy atom. The highest BCUT2D eigenvalue weighted by atomic mass is 15.1. The smallest absolute Gasteiger partial charge is 0.126 e. The molecular weight excluding hydrogens is 336 g/mol. The van der Waals surface area contributed by atoms with E-state index in [1.54, 1.807) is 12.4 Å². The summed E-state index contributed by atoms with van der Waals surface area (Å²) in [7, 11) is 2.15. The molecule has 1 unspecified atom stereocenters. The van der Waals surface area contributed by atoms with Gasteiger partial charge in [0.2, 0.25) is 0 Å². The van der Waals surface area contributed by atoms with Crippen molar-refractivity contribution >= 4 is 5.82 Å². The van der Waals surface area contributed by atoms with E-state index in [9.17, 15) is 0 Å². The largest absolute Gasteiger partial charge is 0.364 e. The molecule has 0 aliphatic rings. The van der Waals surface area contributed by atoms with E-state index in [4.69, 9.17) is 0 Å². The lowest BCUT2D eigenvalue weighted by molar-refractivity contribution is 0.321. The van der Waals surface area contributed by atoms with Gasteiger partial charge in [0.15, 0.2) is 0 Å². The number of nitrogens with one attached hydrogen (secondary N) is 2. The van der Waals surface area contributed by atoms with Gasteiger partial charge in [-0.25, -0.2) is 4.98 Å². The minimum atomic E-state index is 0.168. The molecule has 1 atom stereocenters. The fraction of sp³-hybridized carbons (Fsp3) is 0.381. The average molecular weight is 364 g/mol. The fourth-order valence-electron chi connectivity index (χ4n) is 3.06. The van der Waals surface area contributed by atoms with Crippen LogP contribution in [0.25, 0.3) is 11.3 Å². The Kier molecular flexibility index (Phi) is 6.54. The number of nitrogens with zero attached hydrogens (tertiary/aromatic N) is 4. The summed E-state index contributed by atoms with van der Waals surface area (Å²) in [6.45, 7) is 6.30. The second-order valence-corrected chi connectivity index (χ2v) is 6.94. The third-order valence-electron chi connectivity index (χ3n) is 4.67. The molecule has 3 aromatic heterocycles. The Hall–Kier alpha value is -2.73. The van der Waals surface area contributed by atoms with Gasteiger partial charge in [-0.3, -0.25) is 10.1 Å². The van der Waals surface area contributed by atoms with Gasteiger partial charge in [-0.2, -0.15) is 5.10 Å². The Labute approximate surface area is 161 Å². The first-order valence-electron chi connectivity index (χ1n) is 9.51. The molecule has 0 spiro atoms. The van der Waals surface area contributed by atoms with Crippen molar-refractivity contribution < 1.29 is 0 Å². The second kappa shape index (κ2) is 9.28. The van der Waals surface area contributed by atoms with Crippen molar-refractivity contribution in [1.29, 1.82) is 0 Å². The summed E-state index contributed by atoms with van der Waals surface area (Å²) in [5.41, 5.74) is 4.47. The SMILES string of the molecule is CCCCN(C)Cc1cn[nH]c1-c1ccc(NC(C)c2ccncc2)nc1. The summed E-state index contributed by atoms with van der Waals surface area (Å²) in [5.74, 6) is 0.851. The molecule has 27 heavy (non-hydrogen) atoms. The Balaban J connectivity index is 1.66. The third kappa shape index (κ3) is 5.14. The van der Waals surface area contributed by atoms with Crippen molar-refractivity contribution in [2.45, 2.75) is 39.3 Å². The highest BCUT2D eigenvalue weighted by molar-refractivity contribution is 5.63. The minimum absolute atomic E-state index is 0.168. The molecule has 0 saturated heterocycles. The van der Waals surface area contributed by atoms with E-state index in [0.717, 1.165) is 30.2 Å². The molecule has 0 radical (unpaired) electrons. The van der Waals surface area contributed by atoms with Crippen LogP contribution < -0.4 is 5.32 Å². The van der Waals surface area contributed by atoms with Gasteiger partial charge in [0, 0.05) is 36.3 Å². The highest BCUT2D eigenvalue weighted by Crippen LogP contribution is 2.24. The summed E-state index contributed by atoms with van der Waals surface area (Å²) in [6.07, 6.45) is 9.84. The van der Waals surface area contributed by atoms with E-state index in [1.807, 2.05) is 30.6 Å². The first kappa shape index (κ1) is 19.0. The van der Waals surface area contributed by atoms with Crippen molar-refractivity contribution in [2.24, 2.45) is 0 Å². The van der Waals surface area contributed by atoms with Crippen LogP contribution in [0.3, 0.4) is 0 Å². The van der Waals surface area contributed by atoms with Crippen LogP contribution in [0.2, 0.25) is 0 Å². The van der Waals surface area contributed by atoms with Crippen LogP contribution in [0.15, 0.2) is 49.1 Å². The number of anilines is 1. The van der Waals surface area contributed by atoms with Crippen molar-refractivity contribution in [3.05, 3.63) is 60.2 Å². The number of aromatic nitrogens is 4. The molecule has 0 aromatic carbocycles. The Morgan fingerprint density at radius 1 is 1.15 bits per heavy atom. The van der Waals surface area contributed by atoms with Gasteiger partial charge in [0.25, 0.3) is 0 Å². The predicted molar refractivity (Wildman–Crippen MR) is 109 cm³/mol. The number of aromatic amines is 1. The topological polar surface area (TPSA) is 69.7 Å². The van der Waals surface area contributed by atoms with Crippen LogP contribution in [0, 0.1) is 0 Å². The van der Waals surface area contributed by atoms with E-state index in [2.05, 4.69) is 57.3 Å². The van der Waals surface area contributed by atoms with Crippen LogP contribution in [-0.2, 0) is 6.54 Å². The van der Waals surface area contributed by atoms with Gasteiger partial charge in [-0.15, -0.1) is 0 Å². The van der Waals surface area contributed by atoms with Gasteiger partial charge in [0.05, 0.1) is 17.9 Å². The molecule has 0 bridgehead atoms. The summed E-state index contributed by atoms with van der Waals surface area (Å²) in [5, 5.41) is 10.8. The number of rotatable bonds is 9. The number of H-pyrrole nitrogens is 1. The molecule has 0 aliphatic heterocycles. The van der Waals surface area contributed by atoms with E-state index in [0.29, 0.717) is 0 Å². The molecule has 0 aliphatic carbocycles. The van der Waals surface area contributed by atoms with Crippen LogP contribution in [0.4, 0.5) is 5.82 Å². The lowest BCUT2D eigenvalue weighted by Gasteiger charge is -2.16. The zero-order valence-electron chi connectivity index (χ0n) is 16.3. The molecule has 0 fully saturated rings. The molecule has 6 heteroatoms. The molecule has 142 valence electrons. The van der Waals surface area contributed by atoms with E-state index in [-0.39, 0.29) is 6.04 Å². The van der Waals surface area contributed by atoms with Crippen molar-refractivity contribution in [2.75, 3.05) is 18.9 Å². The van der Waals surface area contributed by atoms with Crippen LogP contribution in [0.1, 0.15) is 43.9 Å². The third-order valence-corrected chi connectivity index (χ3v) is 4.67. The maximum atomic E-state index is 4.58. The average Bonchev–Trinajstić information content (AvgIpc) is 3.15. The summed E-state index contributed by atoms with van der Waals surface area (Å²) >= 11 is 0. The van der Waals surface area contributed by atoms with E-state index < -0.39 is 0 Å². The predicted octanol–water partition coefficient (Wildman–Crippen LogP) is 4.27. The Bertz CT molecular complexity index is 812. The molecule has 6 nitrogen and oxygen atoms in total. The normalized spacial score (nSPS) is 12.3. The molecule has 3 rings (SSSR count). The maximum absolute atomic E-state index is 4.58. The van der Waals surface area contributed by atoms with Crippen molar-refractivity contribution in [3.8, 4) is 11.3 Å². The fourth-order valence-corrected chi connectivity index (χ4v) is 3.06. The first-order valence-corrected chi connectivity index (χ1v) is 9.51. The van der Waals surface area contributed by atoms with Gasteiger partial charge in [-0.1, -0.05) is 13.3 Å². The van der Waals surface area contributed by atoms with E-state index in [1.165, 1.54) is 24.0 Å². The number of pyridine rings is 2. The maximum Gasteiger partial charge on any atom is 0.126 e. The van der Waals surface area contributed by atoms with Gasteiger partial charge in [-0.05, 0) is 56.8 Å². The molecular formula is C21H28N6. The van der Waals surface area contributed by atoms with Crippen LogP contribution >= 0.6 is 0 Å². The summed E-state index contributed by atoms with van der Waals surface area (Å²) in [6, 6.07) is 8.28. The van der Waals surface area contributed by atoms with Crippen LogP contribution in [-0.4, -0.2) is 38.7 Å². The molecule has 2 N–H and O–H groups in total. The molecule has 0 saturated carbocycles. The van der Waals surface area contributed by atoms with Gasteiger partial charge < -0.3 is 10.2 Å². The lowest BCUT2D eigenvalue weighted by Crippen LogP contribution is -2.19. The standard InChI is InChI=1S/C21H28N6/c1-4-5-12-27(3)15-19-14-24-26-21(19)18-6-7-20(23-13-18)25-16(2)17-8-10-22-11-9-17/h6-11,13-14,16H,4-5,12,15H2,1-3H3,(H,23,25)(H,24,26). The number of hydrogen-bond donors (Lipinski definition) is 2. The number of unbranched alkanes of at least 4 members (excludes halogenated alkanes) is 1. The van der Waals surface area contributed by atoms with Crippen molar-refractivity contribution in [3.63, 3.8) is 0 Å². The molecule has 0 amide bonds. The first-order chi connectivity index (χ1) is 13.2. The van der Waals surface area contributed by atoms with Gasteiger partial charge in [0.1, 0.15) is 5.82 Å². The quantitative estimate of drug-likeness (QED) is 0.593. The van der Waals surface area contributed by atoms with Gasteiger partial charge >= 0.3 is 0 Å². The van der Waals surface area contributed by atoms with E-state index >= 15 is 0 Å². The molecule has 3 heterocycles. The highest BCUT2D eigenvalue weighted by Gasteiger charge is 2.11. The summed E-state index contributed by atoms with van der Waals surface area (Å²) in [4.78, 5) is 11.0. The lowest BCUT2D eigenvalue weighted by atomic mass is 10.1. The Morgan fingerprint density at radius 2 is 1.96 bits per heavy atom. The van der Waals surface area contributed by atoms with Crippen LogP contribution in [0.5, 0.6) is 0 Å². The minimum Gasteiger partial charge on any atom is -0.364 e. The monoisotopic (exact) mass is 364 g/mol. The summed E-state index contributed by atoms with van der Waals surface area (Å²) < 4.78 is 0. The second-order valence-electron chi connectivity index (χ2n) is 6.94.